The smallest absolute Gasteiger partial charge is 0.272 e. The second-order valence-corrected chi connectivity index (χ2v) is 10.9. The number of carbonyl (C=O) groups excluding carboxylic acids is 2. The molecule has 2 aromatic heterocycles. The van der Waals surface area contributed by atoms with Crippen molar-refractivity contribution in [2.45, 2.75) is 51.3 Å². The van der Waals surface area contributed by atoms with Gasteiger partial charge in [-0.3, -0.25) is 9.59 Å². The number of H-pyrrole nitrogens is 1. The Hall–Kier alpha value is -3.18. The number of nitrogens with zero attached hydrogens (tertiary/aromatic N) is 4. The van der Waals surface area contributed by atoms with Crippen LogP contribution in [-0.4, -0.2) is 68.1 Å². The van der Waals surface area contributed by atoms with Crippen LogP contribution in [0.3, 0.4) is 0 Å². The first-order valence-electron chi connectivity index (χ1n) is 12.4. The highest BCUT2D eigenvalue weighted by Gasteiger charge is 2.42. The van der Waals surface area contributed by atoms with Gasteiger partial charge in [0.2, 0.25) is 5.91 Å². The topological polar surface area (TPSA) is 125 Å². The van der Waals surface area contributed by atoms with Crippen molar-refractivity contribution in [3.8, 4) is 5.88 Å². The summed E-state index contributed by atoms with van der Waals surface area (Å²) < 4.78 is 11.5. The Morgan fingerprint density at radius 1 is 1.27 bits per heavy atom. The van der Waals surface area contributed by atoms with Crippen LogP contribution in [0.4, 0.5) is 0 Å². The van der Waals surface area contributed by atoms with E-state index in [0.717, 1.165) is 16.5 Å². The van der Waals surface area contributed by atoms with Gasteiger partial charge in [0.1, 0.15) is 17.4 Å². The summed E-state index contributed by atoms with van der Waals surface area (Å²) in [6.45, 7) is 5.16. The van der Waals surface area contributed by atoms with Crippen molar-refractivity contribution in [3.63, 3.8) is 0 Å². The van der Waals surface area contributed by atoms with E-state index in [-0.39, 0.29) is 24.3 Å². The van der Waals surface area contributed by atoms with Gasteiger partial charge in [-0.25, -0.2) is 4.98 Å². The number of hydrogen-bond donors (Lipinski definition) is 2. The highest BCUT2D eigenvalue weighted by atomic mass is 79.9. The lowest BCUT2D eigenvalue weighted by Crippen LogP contribution is -2.38. The molecular weight excluding hydrogens is 542 g/mol. The van der Waals surface area contributed by atoms with Crippen LogP contribution in [0, 0.1) is 5.92 Å². The number of aliphatic hydroxyl groups excluding tert-OH is 1. The number of aromatic amines is 1. The number of ether oxygens (including phenoxy) is 1. The zero-order valence-corrected chi connectivity index (χ0v) is 22.6. The highest BCUT2D eigenvalue weighted by Crippen LogP contribution is 2.37. The van der Waals surface area contributed by atoms with Gasteiger partial charge in [-0.15, -0.1) is 0 Å². The number of aliphatic hydroxyl groups is 1. The van der Waals surface area contributed by atoms with Crippen molar-refractivity contribution in [3.05, 3.63) is 63.3 Å². The fraction of sp³-hybridized carbons (Fsp3) is 0.462. The highest BCUT2D eigenvalue weighted by molar-refractivity contribution is 9.10. The van der Waals surface area contributed by atoms with Crippen LogP contribution in [0.25, 0.3) is 0 Å². The molecule has 2 aliphatic rings. The van der Waals surface area contributed by atoms with Crippen molar-refractivity contribution in [2.75, 3.05) is 20.2 Å². The van der Waals surface area contributed by atoms with Crippen LogP contribution >= 0.6 is 15.9 Å². The molecular formula is C26H30BrN5O5. The Kier molecular flexibility index (Phi) is 7.09. The minimum atomic E-state index is -0.701. The summed E-state index contributed by atoms with van der Waals surface area (Å²) in [6.07, 6.45) is 1.92. The number of halogens is 1. The van der Waals surface area contributed by atoms with Crippen LogP contribution in [-0.2, 0) is 17.8 Å². The molecule has 1 aromatic carbocycles. The van der Waals surface area contributed by atoms with Crippen LogP contribution in [0.15, 0.2) is 39.5 Å². The van der Waals surface area contributed by atoms with Gasteiger partial charge in [-0.2, -0.15) is 0 Å². The van der Waals surface area contributed by atoms with Crippen LogP contribution in [0.2, 0.25) is 0 Å². The Bertz CT molecular complexity index is 1300. The van der Waals surface area contributed by atoms with E-state index in [1.807, 2.05) is 26.0 Å². The number of imidazole rings is 1. The maximum atomic E-state index is 13.7. The van der Waals surface area contributed by atoms with E-state index in [1.54, 1.807) is 15.9 Å². The van der Waals surface area contributed by atoms with Gasteiger partial charge in [0.05, 0.1) is 25.5 Å². The van der Waals surface area contributed by atoms with Gasteiger partial charge < -0.3 is 29.2 Å². The van der Waals surface area contributed by atoms with E-state index in [0.29, 0.717) is 42.7 Å². The molecule has 2 amide bonds. The molecule has 1 fully saturated rings. The predicted octanol–water partition coefficient (Wildman–Crippen LogP) is 3.44. The fourth-order valence-electron chi connectivity index (χ4n) is 5.23. The van der Waals surface area contributed by atoms with Crippen molar-refractivity contribution in [1.82, 2.24) is 24.9 Å². The quantitative estimate of drug-likeness (QED) is 0.464. The summed E-state index contributed by atoms with van der Waals surface area (Å²) >= 11 is 3.51. The fourth-order valence-corrected chi connectivity index (χ4v) is 5.63. The first-order chi connectivity index (χ1) is 17.7. The normalized spacial score (nSPS) is 20.3. The maximum Gasteiger partial charge on any atom is 0.272 e. The van der Waals surface area contributed by atoms with Gasteiger partial charge in [-0.05, 0) is 40.8 Å². The number of hydrogen-bond acceptors (Lipinski definition) is 7. The van der Waals surface area contributed by atoms with Gasteiger partial charge in [0.25, 0.3) is 11.8 Å². The lowest BCUT2D eigenvalue weighted by Gasteiger charge is -2.29. The number of nitrogens with one attached hydrogen (secondary N) is 1. The molecule has 0 aliphatic carbocycles. The first-order valence-corrected chi connectivity index (χ1v) is 13.1. The Labute approximate surface area is 223 Å². The van der Waals surface area contributed by atoms with Crippen molar-refractivity contribution in [1.29, 1.82) is 0 Å². The summed E-state index contributed by atoms with van der Waals surface area (Å²) in [7, 11) is 1.48. The number of aromatic nitrogens is 3. The zero-order valence-electron chi connectivity index (χ0n) is 21.0. The number of β-amino-alcohol motifs (C(OH)–C–C–N with tert-alkyl or cyclic N) is 1. The lowest BCUT2D eigenvalue weighted by molar-refractivity contribution is -0.135. The van der Waals surface area contributed by atoms with Crippen molar-refractivity contribution >= 4 is 27.7 Å². The second kappa shape index (κ2) is 10.3. The third kappa shape index (κ3) is 5.02. The minimum absolute atomic E-state index is 0.0834. The molecule has 1 unspecified atom stereocenters. The monoisotopic (exact) mass is 571 g/mol. The molecule has 1 saturated heterocycles. The van der Waals surface area contributed by atoms with Crippen LogP contribution in [0.5, 0.6) is 5.88 Å². The van der Waals surface area contributed by atoms with Gasteiger partial charge in [0, 0.05) is 36.6 Å². The molecule has 37 heavy (non-hydrogen) atoms. The molecule has 3 atom stereocenters. The predicted molar refractivity (Wildman–Crippen MR) is 137 cm³/mol. The Balaban J connectivity index is 1.34. The summed E-state index contributed by atoms with van der Waals surface area (Å²) in [6, 6.07) is 7.24. The molecule has 10 nitrogen and oxygen atoms in total. The van der Waals surface area contributed by atoms with Gasteiger partial charge in [-0.1, -0.05) is 35.8 Å². The third-order valence-electron chi connectivity index (χ3n) is 7.13. The van der Waals surface area contributed by atoms with E-state index in [2.05, 4.69) is 37.1 Å². The van der Waals surface area contributed by atoms with E-state index in [1.165, 1.54) is 18.9 Å². The average molecular weight is 572 g/mol. The van der Waals surface area contributed by atoms with Gasteiger partial charge in [0.15, 0.2) is 5.76 Å². The number of amides is 2. The molecule has 4 heterocycles. The number of rotatable bonds is 6. The molecule has 0 bridgehead atoms. The third-order valence-corrected chi connectivity index (χ3v) is 7.62. The number of methoxy groups -OCH3 is 1. The molecule has 3 aromatic rings. The van der Waals surface area contributed by atoms with E-state index >= 15 is 0 Å². The molecule has 0 spiro atoms. The summed E-state index contributed by atoms with van der Waals surface area (Å²) in [5.41, 5.74) is 2.73. The number of carbonyl (C=O) groups is 2. The molecule has 11 heteroatoms. The average Bonchev–Trinajstić information content (AvgIpc) is 3.62. The van der Waals surface area contributed by atoms with Crippen molar-refractivity contribution in [2.24, 2.45) is 5.92 Å². The molecule has 5 rings (SSSR count). The lowest BCUT2D eigenvalue weighted by atomic mass is 9.91. The summed E-state index contributed by atoms with van der Waals surface area (Å²) in [5.74, 6) is 0.162. The molecule has 0 radical (unpaired) electrons. The van der Waals surface area contributed by atoms with E-state index in [4.69, 9.17) is 9.26 Å². The van der Waals surface area contributed by atoms with Crippen LogP contribution < -0.4 is 4.74 Å². The van der Waals surface area contributed by atoms with Gasteiger partial charge >= 0.3 is 0 Å². The number of likely N-dealkylation sites (tertiary alicyclic amines) is 1. The number of benzene rings is 1. The SMILES string of the molecule is COc1cc(C(C(=O)N2C[C@H](O)C[C@H]2c2ncc(C(=O)N3CCc4cc(Br)ccc4C3)[nH]2)C(C)C)on1. The molecule has 2 aliphatic heterocycles. The van der Waals surface area contributed by atoms with Crippen molar-refractivity contribution < 1.29 is 24.0 Å². The Morgan fingerprint density at radius 2 is 2.08 bits per heavy atom. The first kappa shape index (κ1) is 25.5. The number of fused-ring (bicyclic) bond motifs is 1. The van der Waals surface area contributed by atoms with Crippen LogP contribution in [0.1, 0.15) is 65.4 Å². The van der Waals surface area contributed by atoms with E-state index in [9.17, 15) is 14.7 Å². The summed E-state index contributed by atoms with van der Waals surface area (Å²) in [4.78, 5) is 38.0. The Morgan fingerprint density at radius 3 is 2.81 bits per heavy atom. The summed E-state index contributed by atoms with van der Waals surface area (Å²) in [5, 5.41) is 14.3. The second-order valence-electron chi connectivity index (χ2n) is 9.96. The molecule has 196 valence electrons. The standard InChI is InChI=1S/C26H30BrN5O5/c1-14(2)23(21-10-22(36-3)30-37-21)26(35)32-13-18(33)9-20(32)24-28-11-19(29-24)25(34)31-7-6-15-8-17(27)5-4-16(15)12-31/h4-5,8,10-11,14,18,20,23,33H,6-7,9,12-13H2,1-3H3,(H,28,29)/t18-,20+,23?/m1/s1. The molecule has 0 saturated carbocycles. The van der Waals surface area contributed by atoms with E-state index < -0.39 is 18.1 Å². The minimum Gasteiger partial charge on any atom is -0.479 e. The molecule has 2 N–H and O–H groups in total. The zero-order chi connectivity index (χ0) is 26.3. The maximum absolute atomic E-state index is 13.7. The largest absolute Gasteiger partial charge is 0.479 e.